The van der Waals surface area contributed by atoms with E-state index in [-0.39, 0.29) is 4.91 Å². The average Bonchev–Trinajstić information content (AvgIpc) is 2.82. The molecule has 2 aromatic rings. The second-order valence-electron chi connectivity index (χ2n) is 5.15. The highest BCUT2D eigenvalue weighted by Gasteiger charge is 2.40. The molecule has 0 bridgehead atoms. The summed E-state index contributed by atoms with van der Waals surface area (Å²) in [7, 11) is -2.39. The fourth-order valence-corrected chi connectivity index (χ4v) is 4.91. The maximum Gasteiger partial charge on any atom is 0.270 e. The van der Waals surface area contributed by atoms with Crippen LogP contribution in [0.2, 0.25) is 0 Å². The van der Waals surface area contributed by atoms with Crippen molar-refractivity contribution in [1.82, 2.24) is 4.98 Å². The molecular weight excluding hydrogens is 334 g/mol. The summed E-state index contributed by atoms with van der Waals surface area (Å²) in [5.74, 6) is -0.471. The third-order valence-corrected chi connectivity index (χ3v) is 6.95. The van der Waals surface area contributed by atoms with Gasteiger partial charge in [-0.15, -0.1) is 11.3 Å². The maximum absolute atomic E-state index is 12.7. The number of carbonyl (C=O) groups excluding carboxylic acids is 1. The van der Waals surface area contributed by atoms with Crippen molar-refractivity contribution in [3.8, 4) is 0 Å². The maximum atomic E-state index is 12.7. The molecule has 2 aromatic heterocycles. The molecule has 0 radical (unpaired) electrons. The van der Waals surface area contributed by atoms with Gasteiger partial charge in [-0.2, -0.15) is 0 Å². The molecule has 0 amide bonds. The van der Waals surface area contributed by atoms with Crippen LogP contribution < -0.4 is 9.62 Å². The van der Waals surface area contributed by atoms with Crippen LogP contribution in [0.3, 0.4) is 0 Å². The van der Waals surface area contributed by atoms with Gasteiger partial charge < -0.3 is 5.32 Å². The van der Waals surface area contributed by atoms with Gasteiger partial charge in [0.2, 0.25) is 5.78 Å². The largest absolute Gasteiger partial charge is 0.360 e. The molecule has 0 spiro atoms. The normalized spacial score (nSPS) is 18.1. The first kappa shape index (κ1) is 15.7. The monoisotopic (exact) mass is 349 g/mol. The van der Waals surface area contributed by atoms with Crippen molar-refractivity contribution in [2.24, 2.45) is 0 Å². The number of hydrogen-bond acceptors (Lipinski definition) is 6. The number of thiophene rings is 1. The van der Waals surface area contributed by atoms with Crippen molar-refractivity contribution in [2.45, 2.75) is 13.8 Å². The Bertz CT molecular complexity index is 915. The first-order chi connectivity index (χ1) is 10.8. The summed E-state index contributed by atoms with van der Waals surface area (Å²) in [5.41, 5.74) is 1.95. The molecule has 1 aliphatic rings. The number of rotatable bonds is 2. The first-order valence-corrected chi connectivity index (χ1v) is 9.10. The number of aromatic nitrogens is 1. The molecule has 0 atom stereocenters. The molecule has 0 aliphatic carbocycles. The van der Waals surface area contributed by atoms with Crippen LogP contribution in [0.25, 0.3) is 0 Å². The van der Waals surface area contributed by atoms with E-state index in [0.717, 1.165) is 10.4 Å². The van der Waals surface area contributed by atoms with E-state index in [0.29, 0.717) is 16.3 Å². The molecule has 3 rings (SSSR count). The van der Waals surface area contributed by atoms with E-state index in [1.54, 1.807) is 24.5 Å². The van der Waals surface area contributed by atoms with E-state index in [9.17, 15) is 13.2 Å². The number of carbonyl (C=O) groups is 1. The number of pyridine rings is 1. The van der Waals surface area contributed by atoms with E-state index in [2.05, 4.69) is 10.3 Å². The minimum absolute atomic E-state index is 0.259. The van der Waals surface area contributed by atoms with Gasteiger partial charge in [-0.05, 0) is 31.5 Å². The van der Waals surface area contributed by atoms with Crippen molar-refractivity contribution in [3.05, 3.63) is 51.6 Å². The zero-order valence-corrected chi connectivity index (χ0v) is 14.5. The standard InChI is InChI=1S/C15H15N3O3S2/c1-9-10(2)22-15-13(9)14(19)12(23(20,21)18(15)3)8-17-11-4-6-16-7-5-11/h4-8H,1-3H3,(H,16,17). The SMILES string of the molecule is Cc1sc2c(c1C)C(=O)C(=CNc1ccncc1)S(=O)(=O)N2C. The van der Waals surface area contributed by atoms with Crippen molar-refractivity contribution in [1.29, 1.82) is 0 Å². The summed E-state index contributed by atoms with van der Waals surface area (Å²) < 4.78 is 26.4. The van der Waals surface area contributed by atoms with Gasteiger partial charge in [0.25, 0.3) is 10.0 Å². The Morgan fingerprint density at radius 2 is 1.91 bits per heavy atom. The predicted octanol–water partition coefficient (Wildman–Crippen LogP) is 2.68. The first-order valence-electron chi connectivity index (χ1n) is 6.84. The van der Waals surface area contributed by atoms with Crippen LogP contribution in [0, 0.1) is 13.8 Å². The van der Waals surface area contributed by atoms with E-state index in [1.165, 1.54) is 28.9 Å². The van der Waals surface area contributed by atoms with Crippen LogP contribution in [0.15, 0.2) is 35.6 Å². The highest BCUT2D eigenvalue weighted by atomic mass is 32.2. The number of allylic oxidation sites excluding steroid dienone is 1. The van der Waals surface area contributed by atoms with Crippen LogP contribution >= 0.6 is 11.3 Å². The van der Waals surface area contributed by atoms with E-state index in [4.69, 9.17) is 0 Å². The number of hydrogen-bond donors (Lipinski definition) is 1. The Morgan fingerprint density at radius 1 is 1.26 bits per heavy atom. The Balaban J connectivity index is 2.10. The molecule has 0 saturated heterocycles. The Labute approximate surface area is 138 Å². The second-order valence-corrected chi connectivity index (χ2v) is 8.29. The number of anilines is 2. The predicted molar refractivity (Wildman–Crippen MR) is 91.4 cm³/mol. The third kappa shape index (κ3) is 2.43. The van der Waals surface area contributed by atoms with Gasteiger partial charge in [0.05, 0.1) is 5.56 Å². The summed E-state index contributed by atoms with van der Waals surface area (Å²) in [6, 6.07) is 3.37. The van der Waals surface area contributed by atoms with Gasteiger partial charge in [0, 0.05) is 36.2 Å². The van der Waals surface area contributed by atoms with Gasteiger partial charge in [-0.3, -0.25) is 14.1 Å². The Hall–Kier alpha value is -2.19. The molecule has 0 unspecified atom stereocenters. The number of aryl methyl sites for hydroxylation is 1. The lowest BCUT2D eigenvalue weighted by Gasteiger charge is -2.25. The summed E-state index contributed by atoms with van der Waals surface area (Å²) in [6.07, 6.45) is 4.40. The van der Waals surface area contributed by atoms with Crippen molar-refractivity contribution < 1.29 is 13.2 Å². The molecule has 0 fully saturated rings. The Kier molecular flexibility index (Phi) is 3.73. The lowest BCUT2D eigenvalue weighted by atomic mass is 10.1. The van der Waals surface area contributed by atoms with Gasteiger partial charge in [0.15, 0.2) is 4.91 Å². The summed E-state index contributed by atoms with van der Waals surface area (Å²) in [5, 5.41) is 3.33. The quantitative estimate of drug-likeness (QED) is 0.843. The van der Waals surface area contributed by atoms with Gasteiger partial charge in [-0.1, -0.05) is 0 Å². The number of nitrogens with one attached hydrogen (secondary N) is 1. The van der Waals surface area contributed by atoms with E-state index in [1.807, 2.05) is 13.8 Å². The fraction of sp³-hybridized carbons (Fsp3) is 0.200. The van der Waals surface area contributed by atoms with Gasteiger partial charge in [-0.25, -0.2) is 8.42 Å². The molecule has 0 saturated carbocycles. The molecule has 3 heterocycles. The fourth-order valence-electron chi connectivity index (χ4n) is 2.33. The molecule has 23 heavy (non-hydrogen) atoms. The summed E-state index contributed by atoms with van der Waals surface area (Å²) in [4.78, 5) is 17.3. The van der Waals surface area contributed by atoms with Crippen molar-refractivity contribution in [3.63, 3.8) is 0 Å². The zero-order valence-electron chi connectivity index (χ0n) is 12.8. The van der Waals surface area contributed by atoms with E-state index >= 15 is 0 Å². The highest BCUT2D eigenvalue weighted by Crippen LogP contribution is 2.42. The second kappa shape index (κ2) is 5.47. The van der Waals surface area contributed by atoms with Crippen LogP contribution in [0.4, 0.5) is 10.7 Å². The lowest BCUT2D eigenvalue weighted by Crippen LogP contribution is -2.36. The van der Waals surface area contributed by atoms with Crippen LogP contribution in [-0.4, -0.2) is 26.2 Å². The summed E-state index contributed by atoms with van der Waals surface area (Å²) >= 11 is 1.32. The molecule has 8 heteroatoms. The van der Waals surface area contributed by atoms with Gasteiger partial charge >= 0.3 is 0 Å². The number of Topliss-reactive ketones (excluding diaryl/α,β-unsaturated/α-hetero) is 1. The molecule has 120 valence electrons. The molecular formula is C15H15N3O3S2. The van der Waals surface area contributed by atoms with Crippen molar-refractivity contribution >= 4 is 37.8 Å². The van der Waals surface area contributed by atoms with Crippen molar-refractivity contribution in [2.75, 3.05) is 16.7 Å². The van der Waals surface area contributed by atoms with Crippen LogP contribution in [0.1, 0.15) is 20.8 Å². The van der Waals surface area contributed by atoms with E-state index < -0.39 is 15.8 Å². The molecule has 0 aromatic carbocycles. The molecule has 1 N–H and O–H groups in total. The molecule has 6 nitrogen and oxygen atoms in total. The minimum Gasteiger partial charge on any atom is -0.360 e. The third-order valence-electron chi connectivity index (χ3n) is 3.79. The van der Waals surface area contributed by atoms with Crippen LogP contribution in [0.5, 0.6) is 0 Å². The Morgan fingerprint density at radius 3 is 2.57 bits per heavy atom. The minimum atomic E-state index is -3.86. The number of nitrogens with zero attached hydrogens (tertiary/aromatic N) is 2. The number of fused-ring (bicyclic) bond motifs is 1. The highest BCUT2D eigenvalue weighted by molar-refractivity contribution is 7.98. The average molecular weight is 349 g/mol. The zero-order chi connectivity index (χ0) is 16.8. The lowest BCUT2D eigenvalue weighted by molar-refractivity contribution is 0.104. The molecule has 1 aliphatic heterocycles. The number of sulfonamides is 1. The smallest absolute Gasteiger partial charge is 0.270 e. The van der Waals surface area contributed by atoms with Gasteiger partial charge in [0.1, 0.15) is 5.00 Å². The summed E-state index contributed by atoms with van der Waals surface area (Å²) in [6.45, 7) is 3.72. The topological polar surface area (TPSA) is 79.4 Å². The van der Waals surface area contributed by atoms with Crippen LogP contribution in [-0.2, 0) is 10.0 Å². The number of ketones is 1.